The monoisotopic (exact) mass is 195 g/mol. The van der Waals surface area contributed by atoms with Crippen molar-refractivity contribution in [2.75, 3.05) is 0 Å². The molecule has 0 spiro atoms. The van der Waals surface area contributed by atoms with E-state index in [0.29, 0.717) is 12.8 Å². The SMILES string of the molecule is C=C(C)CCC(O)c1ncccc1F. The van der Waals surface area contributed by atoms with Gasteiger partial charge in [-0.2, -0.15) is 0 Å². The number of aromatic nitrogens is 1. The van der Waals surface area contributed by atoms with Gasteiger partial charge >= 0.3 is 0 Å². The third-order valence-corrected chi connectivity index (χ3v) is 1.95. The summed E-state index contributed by atoms with van der Waals surface area (Å²) >= 11 is 0. The standard InChI is InChI=1S/C11H14FNO/c1-8(2)5-6-10(14)11-9(12)4-3-7-13-11/h3-4,7,10,14H,1,5-6H2,2H3. The molecule has 0 radical (unpaired) electrons. The van der Waals surface area contributed by atoms with Gasteiger partial charge in [-0.1, -0.05) is 5.57 Å². The van der Waals surface area contributed by atoms with Crippen LogP contribution in [0.25, 0.3) is 0 Å². The van der Waals surface area contributed by atoms with Gasteiger partial charge in [0.1, 0.15) is 11.5 Å². The molecule has 0 aliphatic rings. The molecule has 0 amide bonds. The van der Waals surface area contributed by atoms with Gasteiger partial charge in [0.2, 0.25) is 0 Å². The summed E-state index contributed by atoms with van der Waals surface area (Å²) < 4.78 is 13.1. The first-order valence-electron chi connectivity index (χ1n) is 4.54. The number of halogens is 1. The quantitative estimate of drug-likeness (QED) is 0.749. The lowest BCUT2D eigenvalue weighted by Gasteiger charge is -2.10. The second-order valence-electron chi connectivity index (χ2n) is 3.38. The van der Waals surface area contributed by atoms with Gasteiger partial charge in [-0.05, 0) is 31.9 Å². The lowest BCUT2D eigenvalue weighted by molar-refractivity contribution is 0.158. The van der Waals surface area contributed by atoms with Crippen LogP contribution in [-0.4, -0.2) is 10.1 Å². The summed E-state index contributed by atoms with van der Waals surface area (Å²) in [6.07, 6.45) is 1.77. The Kier molecular flexibility index (Phi) is 3.77. The molecular formula is C11H14FNO. The highest BCUT2D eigenvalue weighted by Gasteiger charge is 2.13. The van der Waals surface area contributed by atoms with Crippen LogP contribution < -0.4 is 0 Å². The van der Waals surface area contributed by atoms with E-state index in [9.17, 15) is 9.50 Å². The Bertz CT molecular complexity index is 325. The van der Waals surface area contributed by atoms with Crippen molar-refractivity contribution in [1.29, 1.82) is 0 Å². The van der Waals surface area contributed by atoms with E-state index in [1.165, 1.54) is 18.3 Å². The summed E-state index contributed by atoms with van der Waals surface area (Å²) in [4.78, 5) is 3.80. The lowest BCUT2D eigenvalue weighted by atomic mass is 10.1. The van der Waals surface area contributed by atoms with E-state index in [-0.39, 0.29) is 5.69 Å². The van der Waals surface area contributed by atoms with Crippen LogP contribution in [0, 0.1) is 5.82 Å². The zero-order valence-corrected chi connectivity index (χ0v) is 8.20. The summed E-state index contributed by atoms with van der Waals surface area (Å²) in [5.74, 6) is -0.457. The van der Waals surface area contributed by atoms with Crippen molar-refractivity contribution in [1.82, 2.24) is 4.98 Å². The van der Waals surface area contributed by atoms with Gasteiger partial charge in [0.15, 0.2) is 0 Å². The summed E-state index contributed by atoms with van der Waals surface area (Å²) in [5.41, 5.74) is 1.09. The van der Waals surface area contributed by atoms with Gasteiger partial charge < -0.3 is 5.11 Å². The fraction of sp³-hybridized carbons (Fsp3) is 0.364. The largest absolute Gasteiger partial charge is 0.387 e. The van der Waals surface area contributed by atoms with Crippen LogP contribution >= 0.6 is 0 Å². The maximum absolute atomic E-state index is 13.1. The Hall–Kier alpha value is -1.22. The fourth-order valence-corrected chi connectivity index (χ4v) is 1.16. The van der Waals surface area contributed by atoms with Crippen LogP contribution in [0.15, 0.2) is 30.5 Å². The Morgan fingerprint density at radius 1 is 1.71 bits per heavy atom. The highest BCUT2D eigenvalue weighted by molar-refractivity contribution is 5.10. The van der Waals surface area contributed by atoms with E-state index >= 15 is 0 Å². The van der Waals surface area contributed by atoms with Crippen molar-refractivity contribution >= 4 is 0 Å². The second kappa shape index (κ2) is 4.86. The van der Waals surface area contributed by atoms with Crippen molar-refractivity contribution < 1.29 is 9.50 Å². The van der Waals surface area contributed by atoms with Crippen molar-refractivity contribution in [2.45, 2.75) is 25.9 Å². The van der Waals surface area contributed by atoms with Gasteiger partial charge in [-0.15, -0.1) is 6.58 Å². The average molecular weight is 195 g/mol. The summed E-state index contributed by atoms with van der Waals surface area (Å²) in [7, 11) is 0. The first-order valence-corrected chi connectivity index (χ1v) is 4.54. The molecule has 76 valence electrons. The minimum absolute atomic E-state index is 0.119. The lowest BCUT2D eigenvalue weighted by Crippen LogP contribution is -2.03. The normalized spacial score (nSPS) is 12.5. The first-order chi connectivity index (χ1) is 6.61. The predicted molar refractivity (Wildman–Crippen MR) is 53.2 cm³/mol. The number of nitrogens with zero attached hydrogens (tertiary/aromatic N) is 1. The Morgan fingerprint density at radius 3 is 3.00 bits per heavy atom. The third kappa shape index (κ3) is 2.92. The summed E-state index contributed by atoms with van der Waals surface area (Å²) in [6, 6.07) is 2.80. The average Bonchev–Trinajstić information content (AvgIpc) is 2.15. The number of aliphatic hydroxyl groups is 1. The molecule has 1 aromatic heterocycles. The third-order valence-electron chi connectivity index (χ3n) is 1.95. The minimum Gasteiger partial charge on any atom is -0.387 e. The van der Waals surface area contributed by atoms with Crippen LogP contribution in [0.1, 0.15) is 31.6 Å². The molecule has 0 bridgehead atoms. The zero-order valence-electron chi connectivity index (χ0n) is 8.20. The number of rotatable bonds is 4. The summed E-state index contributed by atoms with van der Waals surface area (Å²) in [6.45, 7) is 5.59. The van der Waals surface area contributed by atoms with Crippen LogP contribution in [-0.2, 0) is 0 Å². The molecule has 1 atom stereocenters. The van der Waals surface area contributed by atoms with E-state index in [1.807, 2.05) is 6.92 Å². The van der Waals surface area contributed by atoms with E-state index in [1.54, 1.807) is 0 Å². The number of hydrogen-bond donors (Lipinski definition) is 1. The van der Waals surface area contributed by atoms with Crippen molar-refractivity contribution in [2.24, 2.45) is 0 Å². The molecule has 1 rings (SSSR count). The van der Waals surface area contributed by atoms with Crippen molar-refractivity contribution in [3.05, 3.63) is 42.0 Å². The van der Waals surface area contributed by atoms with Crippen molar-refractivity contribution in [3.8, 4) is 0 Å². The van der Waals surface area contributed by atoms with E-state index in [4.69, 9.17) is 0 Å². The van der Waals surface area contributed by atoms with Crippen LogP contribution in [0.2, 0.25) is 0 Å². The predicted octanol–water partition coefficient (Wildman–Crippen LogP) is 2.61. The molecule has 3 heteroatoms. The van der Waals surface area contributed by atoms with E-state index in [2.05, 4.69) is 11.6 Å². The number of pyridine rings is 1. The van der Waals surface area contributed by atoms with Crippen LogP contribution in [0.5, 0.6) is 0 Å². The van der Waals surface area contributed by atoms with Gasteiger partial charge in [0, 0.05) is 6.20 Å². The van der Waals surface area contributed by atoms with Gasteiger partial charge in [0.05, 0.1) is 6.10 Å². The fourth-order valence-electron chi connectivity index (χ4n) is 1.16. The number of hydrogen-bond acceptors (Lipinski definition) is 2. The van der Waals surface area contributed by atoms with Gasteiger partial charge in [-0.25, -0.2) is 4.39 Å². The highest BCUT2D eigenvalue weighted by atomic mass is 19.1. The van der Waals surface area contributed by atoms with Gasteiger partial charge in [0.25, 0.3) is 0 Å². The second-order valence-corrected chi connectivity index (χ2v) is 3.38. The molecule has 1 N–H and O–H groups in total. The maximum atomic E-state index is 13.1. The number of aliphatic hydroxyl groups excluding tert-OH is 1. The molecule has 1 aromatic rings. The van der Waals surface area contributed by atoms with Crippen LogP contribution in [0.3, 0.4) is 0 Å². The molecular weight excluding hydrogens is 181 g/mol. The molecule has 1 heterocycles. The maximum Gasteiger partial charge on any atom is 0.147 e. The topological polar surface area (TPSA) is 33.1 Å². The van der Waals surface area contributed by atoms with E-state index in [0.717, 1.165) is 5.57 Å². The first kappa shape index (κ1) is 10.9. The van der Waals surface area contributed by atoms with Crippen LogP contribution in [0.4, 0.5) is 4.39 Å². The number of allylic oxidation sites excluding steroid dienone is 1. The molecule has 1 unspecified atom stereocenters. The molecule has 0 aliphatic carbocycles. The smallest absolute Gasteiger partial charge is 0.147 e. The molecule has 0 aromatic carbocycles. The highest BCUT2D eigenvalue weighted by Crippen LogP contribution is 2.20. The molecule has 14 heavy (non-hydrogen) atoms. The van der Waals surface area contributed by atoms with Gasteiger partial charge in [-0.3, -0.25) is 4.98 Å². The minimum atomic E-state index is -0.840. The van der Waals surface area contributed by atoms with E-state index < -0.39 is 11.9 Å². The molecule has 2 nitrogen and oxygen atoms in total. The molecule has 0 saturated carbocycles. The molecule has 0 aliphatic heterocycles. The summed E-state index contributed by atoms with van der Waals surface area (Å²) in [5, 5.41) is 9.61. The Labute approximate surface area is 83.1 Å². The molecule has 0 fully saturated rings. The Morgan fingerprint density at radius 2 is 2.43 bits per heavy atom. The zero-order chi connectivity index (χ0) is 10.6. The Balaban J connectivity index is 2.65. The molecule has 0 saturated heterocycles. The van der Waals surface area contributed by atoms with Crippen molar-refractivity contribution in [3.63, 3.8) is 0 Å².